The molecule has 0 radical (unpaired) electrons. The Hall–Kier alpha value is -2.31. The molecule has 3 rings (SSSR count). The lowest BCUT2D eigenvalue weighted by Crippen LogP contribution is -2.42. The largest absolute Gasteiger partial charge is 0.493 e. The summed E-state index contributed by atoms with van der Waals surface area (Å²) in [5, 5.41) is 0. The minimum atomic E-state index is -0.688. The molecule has 0 unspecified atom stereocenters. The van der Waals surface area contributed by atoms with Gasteiger partial charge >= 0.3 is 12.1 Å². The fourth-order valence-corrected chi connectivity index (χ4v) is 3.72. The van der Waals surface area contributed by atoms with Crippen LogP contribution in [0.3, 0.4) is 0 Å². The van der Waals surface area contributed by atoms with Crippen molar-refractivity contribution in [2.24, 2.45) is 5.92 Å². The molecule has 0 aromatic heterocycles. The molecule has 1 saturated heterocycles. The Labute approximate surface area is 190 Å². The predicted molar refractivity (Wildman–Crippen MR) is 120 cm³/mol. The van der Waals surface area contributed by atoms with E-state index in [4.69, 9.17) is 14.2 Å². The highest BCUT2D eigenvalue weighted by Gasteiger charge is 2.32. The maximum Gasteiger partial charge on any atom is 0.410 e. The number of hydrogen-bond acceptors (Lipinski definition) is 5. The monoisotopic (exact) mass is 449 g/mol. The van der Waals surface area contributed by atoms with Crippen LogP contribution in [0.15, 0.2) is 12.1 Å². The summed E-state index contributed by atoms with van der Waals surface area (Å²) < 4.78 is 31.6. The van der Waals surface area contributed by atoms with Gasteiger partial charge in [0.05, 0.1) is 12.2 Å². The second-order valence-corrected chi connectivity index (χ2v) is 10.9. The summed E-state index contributed by atoms with van der Waals surface area (Å²) in [7, 11) is 0. The number of carbonyl (C=O) groups excluding carboxylic acids is 2. The van der Waals surface area contributed by atoms with E-state index < -0.39 is 23.0 Å². The van der Waals surface area contributed by atoms with Crippen LogP contribution in [0.4, 0.5) is 9.18 Å². The van der Waals surface area contributed by atoms with Crippen LogP contribution in [0, 0.1) is 11.7 Å². The molecule has 0 spiro atoms. The zero-order chi connectivity index (χ0) is 23.7. The van der Waals surface area contributed by atoms with Crippen LogP contribution in [0.5, 0.6) is 5.75 Å². The van der Waals surface area contributed by atoms with Crippen LogP contribution in [-0.2, 0) is 9.47 Å². The summed E-state index contributed by atoms with van der Waals surface area (Å²) in [6, 6.07) is 2.92. The number of benzene rings is 1. The van der Waals surface area contributed by atoms with E-state index in [9.17, 15) is 14.0 Å². The minimum Gasteiger partial charge on any atom is -0.493 e. The Morgan fingerprint density at radius 1 is 0.969 bits per heavy atom. The molecule has 1 aliphatic carbocycles. The number of carbonyl (C=O) groups is 2. The Kier molecular flexibility index (Phi) is 7.06. The van der Waals surface area contributed by atoms with E-state index in [0.29, 0.717) is 31.4 Å². The van der Waals surface area contributed by atoms with Gasteiger partial charge in [-0.2, -0.15) is 0 Å². The second kappa shape index (κ2) is 9.28. The minimum absolute atomic E-state index is 0.0418. The molecule has 1 saturated carbocycles. The lowest BCUT2D eigenvalue weighted by Gasteiger charge is -2.33. The van der Waals surface area contributed by atoms with Crippen molar-refractivity contribution in [3.63, 3.8) is 0 Å². The molecule has 1 heterocycles. The van der Waals surface area contributed by atoms with Gasteiger partial charge in [-0.25, -0.2) is 14.0 Å². The Morgan fingerprint density at radius 3 is 2.09 bits per heavy atom. The van der Waals surface area contributed by atoms with Crippen LogP contribution in [-0.4, -0.2) is 47.9 Å². The summed E-state index contributed by atoms with van der Waals surface area (Å²) in [5.41, 5.74) is -0.364. The molecule has 7 heteroatoms. The van der Waals surface area contributed by atoms with Gasteiger partial charge in [0.15, 0.2) is 0 Å². The Morgan fingerprint density at radius 2 is 1.56 bits per heavy atom. The van der Waals surface area contributed by atoms with Gasteiger partial charge < -0.3 is 19.1 Å². The number of amides is 1. The molecule has 6 nitrogen and oxygen atoms in total. The van der Waals surface area contributed by atoms with E-state index in [1.165, 1.54) is 6.07 Å². The molecule has 0 N–H and O–H groups in total. The fraction of sp³-hybridized carbons (Fsp3) is 0.680. The lowest BCUT2D eigenvalue weighted by atomic mass is 9.98. The maximum absolute atomic E-state index is 14.7. The smallest absolute Gasteiger partial charge is 0.410 e. The molecule has 1 aromatic rings. The van der Waals surface area contributed by atoms with Crippen molar-refractivity contribution >= 4 is 12.1 Å². The van der Waals surface area contributed by atoms with Gasteiger partial charge in [0.2, 0.25) is 0 Å². The highest BCUT2D eigenvalue weighted by Crippen LogP contribution is 2.45. The molecular weight excluding hydrogens is 413 g/mol. The first-order valence-electron chi connectivity index (χ1n) is 11.5. The summed E-state index contributed by atoms with van der Waals surface area (Å²) >= 11 is 0. The molecule has 1 aliphatic heterocycles. The van der Waals surface area contributed by atoms with Crippen molar-refractivity contribution in [2.75, 3.05) is 19.7 Å². The van der Waals surface area contributed by atoms with Crippen molar-refractivity contribution < 1.29 is 28.2 Å². The average Bonchev–Trinajstić information content (AvgIpc) is 3.49. The number of hydrogen-bond donors (Lipinski definition) is 0. The molecule has 1 aromatic carbocycles. The van der Waals surface area contributed by atoms with E-state index in [-0.39, 0.29) is 17.6 Å². The summed E-state index contributed by atoms with van der Waals surface area (Å²) in [6.07, 6.45) is 3.33. The lowest BCUT2D eigenvalue weighted by molar-refractivity contribution is 0.00627. The third kappa shape index (κ3) is 6.84. The first-order valence-corrected chi connectivity index (χ1v) is 11.5. The highest BCUT2D eigenvalue weighted by atomic mass is 19.1. The number of piperidine rings is 1. The third-order valence-corrected chi connectivity index (χ3v) is 5.48. The number of likely N-dealkylation sites (tertiary alicyclic amines) is 1. The number of esters is 1. The topological polar surface area (TPSA) is 65.1 Å². The van der Waals surface area contributed by atoms with E-state index in [1.807, 2.05) is 20.8 Å². The number of rotatable bonds is 5. The van der Waals surface area contributed by atoms with Crippen LogP contribution in [0.1, 0.15) is 89.1 Å². The van der Waals surface area contributed by atoms with E-state index in [1.54, 1.807) is 31.7 Å². The third-order valence-electron chi connectivity index (χ3n) is 5.48. The molecule has 2 aliphatic rings. The quantitative estimate of drug-likeness (QED) is 0.541. The Balaban J connectivity index is 1.60. The van der Waals surface area contributed by atoms with Crippen molar-refractivity contribution in [3.8, 4) is 5.75 Å². The fourth-order valence-electron chi connectivity index (χ4n) is 3.72. The van der Waals surface area contributed by atoms with Crippen LogP contribution < -0.4 is 4.74 Å². The summed E-state index contributed by atoms with van der Waals surface area (Å²) in [4.78, 5) is 26.4. The SMILES string of the molecule is CC(C)(C)OC(=O)c1cc(C2CC2)c(OCC2CCN(C(=O)OC(C)(C)C)CC2)cc1F. The molecule has 1 amide bonds. The number of halogens is 1. The average molecular weight is 450 g/mol. The van der Waals surface area contributed by atoms with E-state index in [2.05, 4.69) is 0 Å². The zero-order valence-corrected chi connectivity index (χ0v) is 20.1. The predicted octanol–water partition coefficient (Wildman–Crippen LogP) is 5.68. The van der Waals surface area contributed by atoms with Gasteiger partial charge in [-0.3, -0.25) is 0 Å². The van der Waals surface area contributed by atoms with Gasteiger partial charge in [0.1, 0.15) is 22.8 Å². The normalized spacial score (nSPS) is 17.8. The van der Waals surface area contributed by atoms with Crippen molar-refractivity contribution in [1.82, 2.24) is 4.90 Å². The Bertz CT molecular complexity index is 843. The maximum atomic E-state index is 14.7. The highest BCUT2D eigenvalue weighted by molar-refractivity contribution is 5.90. The van der Waals surface area contributed by atoms with Gasteiger partial charge in [0.25, 0.3) is 0 Å². The zero-order valence-electron chi connectivity index (χ0n) is 20.1. The number of ether oxygens (including phenoxy) is 3. The molecule has 32 heavy (non-hydrogen) atoms. The van der Waals surface area contributed by atoms with Crippen LogP contribution in [0.25, 0.3) is 0 Å². The number of nitrogens with zero attached hydrogens (tertiary/aromatic N) is 1. The molecular formula is C25H36FNO5. The van der Waals surface area contributed by atoms with Gasteiger partial charge in [-0.1, -0.05) is 0 Å². The van der Waals surface area contributed by atoms with Gasteiger partial charge in [-0.05, 0) is 90.7 Å². The van der Waals surface area contributed by atoms with E-state index >= 15 is 0 Å². The summed E-state index contributed by atoms with van der Waals surface area (Å²) in [5.74, 6) is -0.210. The summed E-state index contributed by atoms with van der Waals surface area (Å²) in [6.45, 7) is 12.5. The first-order chi connectivity index (χ1) is 14.8. The first kappa shape index (κ1) is 24.3. The van der Waals surface area contributed by atoms with E-state index in [0.717, 1.165) is 31.2 Å². The molecule has 0 atom stereocenters. The van der Waals surface area contributed by atoms with Crippen LogP contribution >= 0.6 is 0 Å². The van der Waals surface area contributed by atoms with Gasteiger partial charge in [-0.15, -0.1) is 0 Å². The van der Waals surface area contributed by atoms with Gasteiger partial charge in [0, 0.05) is 19.2 Å². The van der Waals surface area contributed by atoms with Crippen LogP contribution in [0.2, 0.25) is 0 Å². The van der Waals surface area contributed by atoms with Crippen molar-refractivity contribution in [2.45, 2.75) is 84.3 Å². The standard InChI is InChI=1S/C25H36FNO5/c1-24(2,3)31-22(28)19-13-18(17-7-8-17)21(14-20(19)26)30-15-16-9-11-27(12-10-16)23(29)32-25(4,5)6/h13-14,16-17H,7-12,15H2,1-6H3. The molecule has 178 valence electrons. The second-order valence-electron chi connectivity index (χ2n) is 10.9. The molecule has 2 fully saturated rings. The van der Waals surface area contributed by atoms with Crippen molar-refractivity contribution in [1.29, 1.82) is 0 Å². The molecule has 0 bridgehead atoms. The van der Waals surface area contributed by atoms with Crippen molar-refractivity contribution in [3.05, 3.63) is 29.1 Å².